The van der Waals surface area contributed by atoms with Gasteiger partial charge in [-0.25, -0.2) is 4.98 Å². The first kappa shape index (κ1) is 13.2. The highest BCUT2D eigenvalue weighted by molar-refractivity contribution is 5.87. The molecule has 2 N–H and O–H groups in total. The average Bonchev–Trinajstić information content (AvgIpc) is 3.04. The van der Waals surface area contributed by atoms with Crippen LogP contribution in [0.3, 0.4) is 0 Å². The second-order valence-corrected chi connectivity index (χ2v) is 4.89. The van der Waals surface area contributed by atoms with Crippen LogP contribution in [0.1, 0.15) is 0 Å². The fourth-order valence-corrected chi connectivity index (χ4v) is 2.29. The number of methoxy groups -OCH3 is 1. The molecule has 6 heteroatoms. The summed E-state index contributed by atoms with van der Waals surface area (Å²) < 4.78 is 8.75. The first-order chi connectivity index (χ1) is 10.1. The Bertz CT molecular complexity index is 770. The van der Waals surface area contributed by atoms with Gasteiger partial charge in [0.1, 0.15) is 23.0 Å². The Morgan fingerprint density at radius 3 is 2.43 bits per heavy atom. The van der Waals surface area contributed by atoms with Gasteiger partial charge in [-0.3, -0.25) is 4.68 Å². The summed E-state index contributed by atoms with van der Waals surface area (Å²) in [6.07, 6.45) is 3.67. The molecule has 0 fully saturated rings. The molecule has 3 rings (SSSR count). The summed E-state index contributed by atoms with van der Waals surface area (Å²) in [7, 11) is 5.40. The van der Waals surface area contributed by atoms with Crippen LogP contribution in [-0.2, 0) is 14.1 Å². The number of nitrogens with zero attached hydrogens (tertiary/aromatic N) is 4. The maximum Gasteiger partial charge on any atom is 0.129 e. The van der Waals surface area contributed by atoms with Gasteiger partial charge < -0.3 is 15.0 Å². The summed E-state index contributed by atoms with van der Waals surface area (Å²) in [4.78, 5) is 4.37. The zero-order valence-corrected chi connectivity index (χ0v) is 12.2. The van der Waals surface area contributed by atoms with Crippen LogP contribution in [0.5, 0.6) is 5.75 Å². The van der Waals surface area contributed by atoms with Crippen LogP contribution < -0.4 is 10.5 Å². The molecule has 0 unspecified atom stereocenters. The smallest absolute Gasteiger partial charge is 0.129 e. The third-order valence-corrected chi connectivity index (χ3v) is 3.42. The van der Waals surface area contributed by atoms with Gasteiger partial charge in [0.2, 0.25) is 0 Å². The number of aromatic nitrogens is 4. The Morgan fingerprint density at radius 1 is 1.14 bits per heavy atom. The summed E-state index contributed by atoms with van der Waals surface area (Å²) in [5.74, 6) is 1.42. The number of benzene rings is 1. The van der Waals surface area contributed by atoms with E-state index in [-0.39, 0.29) is 0 Å². The lowest BCUT2D eigenvalue weighted by molar-refractivity contribution is 0.415. The van der Waals surface area contributed by atoms with Crippen LogP contribution in [0.4, 0.5) is 5.82 Å². The monoisotopic (exact) mass is 283 g/mol. The molecule has 0 aliphatic heterocycles. The summed E-state index contributed by atoms with van der Waals surface area (Å²) in [6, 6.07) is 7.76. The van der Waals surface area contributed by atoms with Crippen LogP contribution in [0.25, 0.3) is 22.5 Å². The van der Waals surface area contributed by atoms with E-state index < -0.39 is 0 Å². The Kier molecular flexibility index (Phi) is 3.13. The van der Waals surface area contributed by atoms with Gasteiger partial charge in [-0.1, -0.05) is 12.1 Å². The van der Waals surface area contributed by atoms with E-state index in [4.69, 9.17) is 10.5 Å². The van der Waals surface area contributed by atoms with Gasteiger partial charge in [0.05, 0.1) is 19.0 Å². The van der Waals surface area contributed by atoms with Crippen molar-refractivity contribution in [1.29, 1.82) is 0 Å². The number of imidazole rings is 1. The Balaban J connectivity index is 2.16. The molecule has 0 amide bonds. The molecular formula is C15H17N5O. The van der Waals surface area contributed by atoms with Crippen molar-refractivity contribution in [2.45, 2.75) is 0 Å². The van der Waals surface area contributed by atoms with Crippen molar-refractivity contribution in [2.24, 2.45) is 14.1 Å². The second kappa shape index (κ2) is 4.97. The Hall–Kier alpha value is -2.76. The number of nitrogen functional groups attached to an aromatic ring is 1. The minimum Gasteiger partial charge on any atom is -0.497 e. The van der Waals surface area contributed by atoms with E-state index in [0.29, 0.717) is 5.82 Å². The van der Waals surface area contributed by atoms with Crippen molar-refractivity contribution in [3.05, 3.63) is 36.8 Å². The molecule has 0 spiro atoms. The number of hydrogen-bond donors (Lipinski definition) is 1. The lowest BCUT2D eigenvalue weighted by Gasteiger charge is -2.04. The van der Waals surface area contributed by atoms with E-state index in [2.05, 4.69) is 10.1 Å². The van der Waals surface area contributed by atoms with E-state index in [1.54, 1.807) is 18.1 Å². The highest BCUT2D eigenvalue weighted by Gasteiger charge is 2.18. The largest absolute Gasteiger partial charge is 0.497 e. The number of anilines is 1. The van der Waals surface area contributed by atoms with Gasteiger partial charge in [-0.2, -0.15) is 5.10 Å². The summed E-state index contributed by atoms with van der Waals surface area (Å²) in [5.41, 5.74) is 9.64. The molecule has 1 aromatic carbocycles. The minimum atomic E-state index is 0.612. The molecule has 0 bridgehead atoms. The van der Waals surface area contributed by atoms with E-state index in [9.17, 15) is 0 Å². The molecule has 3 aromatic rings. The van der Waals surface area contributed by atoms with Crippen molar-refractivity contribution in [3.8, 4) is 28.3 Å². The van der Waals surface area contributed by atoms with Crippen LogP contribution in [0, 0.1) is 0 Å². The predicted molar refractivity (Wildman–Crippen MR) is 81.8 cm³/mol. The van der Waals surface area contributed by atoms with E-state index in [0.717, 1.165) is 28.3 Å². The zero-order valence-electron chi connectivity index (χ0n) is 12.2. The second-order valence-electron chi connectivity index (χ2n) is 4.89. The molecule has 0 aliphatic rings. The third-order valence-electron chi connectivity index (χ3n) is 3.42. The van der Waals surface area contributed by atoms with Crippen molar-refractivity contribution in [2.75, 3.05) is 12.8 Å². The molecule has 108 valence electrons. The first-order valence-corrected chi connectivity index (χ1v) is 6.55. The van der Waals surface area contributed by atoms with Crippen LogP contribution >= 0.6 is 0 Å². The van der Waals surface area contributed by atoms with Gasteiger partial charge in [0, 0.05) is 20.3 Å². The fraction of sp³-hybridized carbons (Fsp3) is 0.200. The van der Waals surface area contributed by atoms with E-state index in [1.807, 2.05) is 49.1 Å². The molecular weight excluding hydrogens is 266 g/mol. The normalized spacial score (nSPS) is 10.8. The number of ether oxygens (including phenoxy) is 1. The molecule has 2 aromatic heterocycles. The molecule has 21 heavy (non-hydrogen) atoms. The maximum absolute atomic E-state index is 6.18. The van der Waals surface area contributed by atoms with Gasteiger partial charge in [-0.15, -0.1) is 0 Å². The highest BCUT2D eigenvalue weighted by atomic mass is 16.5. The third kappa shape index (κ3) is 2.24. The van der Waals surface area contributed by atoms with Crippen molar-refractivity contribution < 1.29 is 4.74 Å². The highest BCUT2D eigenvalue weighted by Crippen LogP contribution is 2.35. The lowest BCUT2D eigenvalue weighted by Crippen LogP contribution is -1.98. The molecule has 0 radical (unpaired) electrons. The van der Waals surface area contributed by atoms with Gasteiger partial charge in [0.25, 0.3) is 0 Å². The molecule has 0 saturated heterocycles. The van der Waals surface area contributed by atoms with Gasteiger partial charge in [-0.05, 0) is 17.7 Å². The van der Waals surface area contributed by atoms with Gasteiger partial charge in [0.15, 0.2) is 0 Å². The van der Waals surface area contributed by atoms with Crippen molar-refractivity contribution in [3.63, 3.8) is 0 Å². The maximum atomic E-state index is 6.18. The summed E-state index contributed by atoms with van der Waals surface area (Å²) in [6.45, 7) is 0. The van der Waals surface area contributed by atoms with Gasteiger partial charge >= 0.3 is 0 Å². The van der Waals surface area contributed by atoms with Crippen molar-refractivity contribution >= 4 is 5.82 Å². The first-order valence-electron chi connectivity index (χ1n) is 6.55. The summed E-state index contributed by atoms with van der Waals surface area (Å²) >= 11 is 0. The molecule has 0 saturated carbocycles. The quantitative estimate of drug-likeness (QED) is 0.799. The number of aryl methyl sites for hydroxylation is 2. The average molecular weight is 283 g/mol. The minimum absolute atomic E-state index is 0.612. The lowest BCUT2D eigenvalue weighted by atomic mass is 10.0. The SMILES string of the molecule is COc1ccc(-c2c(-c3cn(C)cn3)nn(C)c2N)cc1. The predicted octanol–water partition coefficient (Wildman–Crippen LogP) is 2.08. The number of rotatable bonds is 3. The van der Waals surface area contributed by atoms with Crippen LogP contribution in [0.2, 0.25) is 0 Å². The molecule has 6 nitrogen and oxygen atoms in total. The van der Waals surface area contributed by atoms with E-state index >= 15 is 0 Å². The molecule has 0 atom stereocenters. The standard InChI is InChI=1S/C15H17N5O/c1-19-8-12(17-9-19)14-13(15(16)20(2)18-14)10-4-6-11(21-3)7-5-10/h4-9H,16H2,1-3H3. The van der Waals surface area contributed by atoms with E-state index in [1.165, 1.54) is 0 Å². The van der Waals surface area contributed by atoms with Crippen molar-refractivity contribution in [1.82, 2.24) is 19.3 Å². The number of hydrogen-bond acceptors (Lipinski definition) is 4. The zero-order chi connectivity index (χ0) is 15.0. The number of nitrogens with two attached hydrogens (primary N) is 1. The fourth-order valence-electron chi connectivity index (χ4n) is 2.29. The molecule has 2 heterocycles. The summed E-state index contributed by atoms with van der Waals surface area (Å²) in [5, 5.41) is 4.50. The Labute approximate surface area is 122 Å². The van der Waals surface area contributed by atoms with Crippen LogP contribution in [-0.4, -0.2) is 26.4 Å². The Morgan fingerprint density at radius 2 is 1.86 bits per heavy atom. The molecule has 0 aliphatic carbocycles. The topological polar surface area (TPSA) is 70.9 Å². The van der Waals surface area contributed by atoms with Crippen LogP contribution in [0.15, 0.2) is 36.8 Å².